The molecule has 2 heterocycles. The second-order valence-electron chi connectivity index (χ2n) is 5.63. The van der Waals surface area contributed by atoms with Gasteiger partial charge in [0.1, 0.15) is 10.5 Å². The van der Waals surface area contributed by atoms with Crippen LogP contribution in [0.15, 0.2) is 45.7 Å². The Labute approximate surface area is 163 Å². The molecule has 0 saturated carbocycles. The van der Waals surface area contributed by atoms with Crippen LogP contribution >= 0.6 is 23.1 Å². The maximum atomic E-state index is 13.3. The Morgan fingerprint density at radius 3 is 2.85 bits per heavy atom. The molecule has 9 heteroatoms. The second kappa shape index (κ2) is 9.12. The smallest absolute Gasteiger partial charge is 0.276 e. The van der Waals surface area contributed by atoms with Gasteiger partial charge in [-0.2, -0.15) is 0 Å². The average Bonchev–Trinajstić information content (AvgIpc) is 3.14. The van der Waals surface area contributed by atoms with Crippen LogP contribution in [0.25, 0.3) is 15.9 Å². The van der Waals surface area contributed by atoms with Gasteiger partial charge in [-0.1, -0.05) is 11.8 Å². The fourth-order valence-electron chi connectivity index (χ4n) is 2.43. The summed E-state index contributed by atoms with van der Waals surface area (Å²) in [7, 11) is 1.61. The van der Waals surface area contributed by atoms with Gasteiger partial charge in [-0.05, 0) is 42.1 Å². The summed E-state index contributed by atoms with van der Waals surface area (Å²) >= 11 is 2.47. The zero-order valence-electron chi connectivity index (χ0n) is 14.6. The van der Waals surface area contributed by atoms with Crippen LogP contribution in [-0.2, 0) is 9.53 Å². The van der Waals surface area contributed by atoms with Crippen molar-refractivity contribution in [3.63, 3.8) is 0 Å². The summed E-state index contributed by atoms with van der Waals surface area (Å²) in [6.45, 7) is 1.10. The normalized spacial score (nSPS) is 11.0. The highest BCUT2D eigenvalue weighted by atomic mass is 32.2. The van der Waals surface area contributed by atoms with Crippen molar-refractivity contribution in [3.05, 3.63) is 51.9 Å². The monoisotopic (exact) mass is 407 g/mol. The molecule has 27 heavy (non-hydrogen) atoms. The number of thiophene rings is 1. The van der Waals surface area contributed by atoms with Gasteiger partial charge in [0.15, 0.2) is 5.16 Å². The summed E-state index contributed by atoms with van der Waals surface area (Å²) in [5, 5.41) is 4.99. The van der Waals surface area contributed by atoms with Crippen LogP contribution in [0.4, 0.5) is 4.39 Å². The van der Waals surface area contributed by atoms with E-state index in [0.717, 1.165) is 6.42 Å². The van der Waals surface area contributed by atoms with E-state index in [9.17, 15) is 14.0 Å². The van der Waals surface area contributed by atoms with E-state index < -0.39 is 0 Å². The van der Waals surface area contributed by atoms with Crippen LogP contribution in [0.2, 0.25) is 0 Å². The van der Waals surface area contributed by atoms with E-state index in [1.165, 1.54) is 51.9 Å². The number of aromatic nitrogens is 2. The first-order valence-electron chi connectivity index (χ1n) is 8.25. The van der Waals surface area contributed by atoms with Gasteiger partial charge in [0.05, 0.1) is 17.0 Å². The van der Waals surface area contributed by atoms with Crippen LogP contribution in [0.1, 0.15) is 6.42 Å². The molecule has 0 radical (unpaired) electrons. The van der Waals surface area contributed by atoms with Crippen LogP contribution < -0.4 is 10.9 Å². The third kappa shape index (κ3) is 4.74. The van der Waals surface area contributed by atoms with Gasteiger partial charge in [0.2, 0.25) is 5.91 Å². The molecule has 0 saturated heterocycles. The molecule has 0 spiro atoms. The van der Waals surface area contributed by atoms with Gasteiger partial charge < -0.3 is 10.1 Å². The topological polar surface area (TPSA) is 73.2 Å². The van der Waals surface area contributed by atoms with E-state index in [2.05, 4.69) is 10.3 Å². The van der Waals surface area contributed by atoms with Gasteiger partial charge in [0.25, 0.3) is 5.56 Å². The first kappa shape index (κ1) is 19.5. The first-order chi connectivity index (χ1) is 13.1. The van der Waals surface area contributed by atoms with Gasteiger partial charge in [-0.3, -0.25) is 14.2 Å². The molecule has 0 atom stereocenters. The minimum absolute atomic E-state index is 0.121. The zero-order valence-corrected chi connectivity index (χ0v) is 16.2. The molecule has 142 valence electrons. The highest BCUT2D eigenvalue weighted by Crippen LogP contribution is 2.23. The van der Waals surface area contributed by atoms with Crippen molar-refractivity contribution in [3.8, 4) is 5.69 Å². The minimum atomic E-state index is -0.387. The summed E-state index contributed by atoms with van der Waals surface area (Å²) in [4.78, 5) is 29.5. The van der Waals surface area contributed by atoms with Crippen molar-refractivity contribution in [1.29, 1.82) is 0 Å². The fraction of sp³-hybridized carbons (Fsp3) is 0.278. The quantitative estimate of drug-likeness (QED) is 0.353. The molecule has 1 aromatic carbocycles. The van der Waals surface area contributed by atoms with E-state index in [-0.39, 0.29) is 23.0 Å². The van der Waals surface area contributed by atoms with Gasteiger partial charge >= 0.3 is 0 Å². The molecule has 0 fully saturated rings. The number of halogens is 1. The van der Waals surface area contributed by atoms with E-state index in [4.69, 9.17) is 4.74 Å². The van der Waals surface area contributed by atoms with Crippen molar-refractivity contribution in [1.82, 2.24) is 14.9 Å². The minimum Gasteiger partial charge on any atom is -0.385 e. The largest absolute Gasteiger partial charge is 0.385 e. The average molecular weight is 407 g/mol. The van der Waals surface area contributed by atoms with E-state index >= 15 is 0 Å². The number of benzene rings is 1. The fourth-order valence-corrected chi connectivity index (χ4v) is 4.03. The van der Waals surface area contributed by atoms with Crippen molar-refractivity contribution in [2.45, 2.75) is 11.6 Å². The molecule has 3 rings (SSSR count). The molecular weight excluding hydrogens is 389 g/mol. The Morgan fingerprint density at radius 1 is 1.33 bits per heavy atom. The predicted molar refractivity (Wildman–Crippen MR) is 105 cm³/mol. The molecule has 6 nitrogen and oxygen atoms in total. The highest BCUT2D eigenvalue weighted by molar-refractivity contribution is 7.99. The number of nitrogens with zero attached hydrogens (tertiary/aromatic N) is 2. The second-order valence-corrected chi connectivity index (χ2v) is 7.49. The van der Waals surface area contributed by atoms with Gasteiger partial charge in [-0.25, -0.2) is 9.37 Å². The Hall–Kier alpha value is -2.23. The number of nitrogens with one attached hydrogen (secondary N) is 1. The third-order valence-corrected chi connectivity index (χ3v) is 5.54. The number of fused-ring (bicyclic) bond motifs is 1. The Bertz CT molecular complexity index is 986. The van der Waals surface area contributed by atoms with E-state index in [1.54, 1.807) is 18.6 Å². The number of carbonyl (C=O) groups excluding carboxylic acids is 1. The van der Waals surface area contributed by atoms with Crippen molar-refractivity contribution in [2.24, 2.45) is 0 Å². The molecule has 0 bridgehead atoms. The summed E-state index contributed by atoms with van der Waals surface area (Å²) < 4.78 is 20.1. The van der Waals surface area contributed by atoms with Gasteiger partial charge in [-0.15, -0.1) is 11.3 Å². The standard InChI is InChI=1S/C18H18FN3O3S2/c1-25-9-2-8-20-15(23)11-27-18-21-14-7-10-26-16(14)17(24)22(18)13-5-3-12(19)4-6-13/h3-7,10H,2,8-9,11H2,1H3,(H,20,23). The lowest BCUT2D eigenvalue weighted by Crippen LogP contribution is -2.27. The first-order valence-corrected chi connectivity index (χ1v) is 10.1. The molecule has 0 aliphatic heterocycles. The summed E-state index contributed by atoms with van der Waals surface area (Å²) in [6.07, 6.45) is 0.728. The van der Waals surface area contributed by atoms with Crippen LogP contribution in [-0.4, -0.2) is 41.5 Å². The van der Waals surface area contributed by atoms with Crippen LogP contribution in [0.5, 0.6) is 0 Å². The maximum Gasteiger partial charge on any atom is 0.276 e. The molecule has 3 aromatic rings. The van der Waals surface area contributed by atoms with Crippen molar-refractivity contribution in [2.75, 3.05) is 26.0 Å². The number of hydrogen-bond donors (Lipinski definition) is 1. The third-order valence-electron chi connectivity index (χ3n) is 3.71. The Morgan fingerprint density at radius 2 is 2.11 bits per heavy atom. The predicted octanol–water partition coefficient (Wildman–Crippen LogP) is 2.83. The lowest BCUT2D eigenvalue weighted by Gasteiger charge is -2.12. The lowest BCUT2D eigenvalue weighted by atomic mass is 10.3. The number of amides is 1. The highest BCUT2D eigenvalue weighted by Gasteiger charge is 2.15. The number of hydrogen-bond acceptors (Lipinski definition) is 6. The number of thioether (sulfide) groups is 1. The Balaban J connectivity index is 1.85. The SMILES string of the molecule is COCCCNC(=O)CSc1nc2ccsc2c(=O)n1-c1ccc(F)cc1. The summed E-state index contributed by atoms with van der Waals surface area (Å²) in [6, 6.07) is 7.39. The number of carbonyl (C=O) groups is 1. The summed E-state index contributed by atoms with van der Waals surface area (Å²) in [5.41, 5.74) is 0.864. The molecule has 0 aliphatic carbocycles. The van der Waals surface area contributed by atoms with Crippen molar-refractivity contribution < 1.29 is 13.9 Å². The van der Waals surface area contributed by atoms with Crippen LogP contribution in [0.3, 0.4) is 0 Å². The molecule has 2 aromatic heterocycles. The van der Waals surface area contributed by atoms with Gasteiger partial charge in [0, 0.05) is 20.3 Å². The molecule has 1 N–H and O–H groups in total. The molecule has 0 aliphatic rings. The maximum absolute atomic E-state index is 13.3. The Kier molecular flexibility index (Phi) is 6.59. The van der Waals surface area contributed by atoms with Crippen molar-refractivity contribution >= 4 is 39.2 Å². The molecule has 0 unspecified atom stereocenters. The molecular formula is C18H18FN3O3S2. The zero-order chi connectivity index (χ0) is 19.2. The summed E-state index contributed by atoms with van der Waals surface area (Å²) in [5.74, 6) is -0.418. The van der Waals surface area contributed by atoms with E-state index in [1.807, 2.05) is 0 Å². The lowest BCUT2D eigenvalue weighted by molar-refractivity contribution is -0.118. The number of methoxy groups -OCH3 is 1. The number of ether oxygens (including phenoxy) is 1. The van der Waals surface area contributed by atoms with Crippen LogP contribution in [0, 0.1) is 5.82 Å². The van der Waals surface area contributed by atoms with E-state index in [0.29, 0.717) is 34.2 Å². The molecule has 1 amide bonds. The number of rotatable bonds is 8.